The second-order valence-corrected chi connectivity index (χ2v) is 6.65. The van der Waals surface area contributed by atoms with Gasteiger partial charge in [0.2, 0.25) is 0 Å². The van der Waals surface area contributed by atoms with Crippen molar-refractivity contribution < 1.29 is 23.1 Å². The molecule has 1 aromatic heterocycles. The summed E-state index contributed by atoms with van der Waals surface area (Å²) in [6.07, 6.45) is 1.47. The maximum Gasteiger partial charge on any atom is 0.433 e. The number of hydrogen-bond acceptors (Lipinski definition) is 3. The summed E-state index contributed by atoms with van der Waals surface area (Å²) >= 11 is 0. The highest BCUT2D eigenvalue weighted by Gasteiger charge is 2.39. The van der Waals surface area contributed by atoms with Crippen LogP contribution >= 0.6 is 0 Å². The molecule has 1 amide bonds. The van der Waals surface area contributed by atoms with Crippen LogP contribution in [0.5, 0.6) is 0 Å². The first-order valence-corrected chi connectivity index (χ1v) is 8.40. The number of likely N-dealkylation sites (tertiary alicyclic amines) is 1. The van der Waals surface area contributed by atoms with Gasteiger partial charge in [0, 0.05) is 24.7 Å². The van der Waals surface area contributed by atoms with E-state index < -0.39 is 18.0 Å². The van der Waals surface area contributed by atoms with Gasteiger partial charge >= 0.3 is 6.18 Å². The summed E-state index contributed by atoms with van der Waals surface area (Å²) in [4.78, 5) is 17.8. The first-order valence-electron chi connectivity index (χ1n) is 8.40. The standard InChI is InChI=1S/C17H21F3N2O2/c18-17(19,20)15-8-7-11(10-21-15)16(24)22-9-3-5-13(22)12-4-1-2-6-14(12)23/h7-8,10,12-14,23H,1-6,9H2. The SMILES string of the molecule is O=C(c1ccc(C(F)(F)F)nc1)N1CCCC1C1CCCCC1O. The van der Waals surface area contributed by atoms with Crippen molar-refractivity contribution >= 4 is 5.91 Å². The monoisotopic (exact) mass is 342 g/mol. The lowest BCUT2D eigenvalue weighted by molar-refractivity contribution is -0.141. The molecule has 1 aromatic rings. The van der Waals surface area contributed by atoms with Crippen LogP contribution in [0.4, 0.5) is 13.2 Å². The van der Waals surface area contributed by atoms with Crippen LogP contribution in [0.1, 0.15) is 54.6 Å². The number of carbonyl (C=O) groups excluding carboxylic acids is 1. The van der Waals surface area contributed by atoms with Crippen LogP contribution in [0.15, 0.2) is 18.3 Å². The van der Waals surface area contributed by atoms with Crippen LogP contribution in [0.25, 0.3) is 0 Å². The van der Waals surface area contributed by atoms with Gasteiger partial charge in [-0.15, -0.1) is 0 Å². The van der Waals surface area contributed by atoms with Gasteiger partial charge in [-0.2, -0.15) is 13.2 Å². The maximum atomic E-state index is 12.7. The van der Waals surface area contributed by atoms with Crippen LogP contribution in [0.2, 0.25) is 0 Å². The van der Waals surface area contributed by atoms with Gasteiger partial charge in [-0.25, -0.2) is 0 Å². The number of amides is 1. The molecule has 0 bridgehead atoms. The molecule has 0 radical (unpaired) electrons. The molecule has 3 atom stereocenters. The molecule has 2 aliphatic rings. The first kappa shape index (κ1) is 17.2. The Bertz CT molecular complexity index is 588. The van der Waals surface area contributed by atoms with Gasteiger partial charge in [-0.05, 0) is 37.8 Å². The van der Waals surface area contributed by atoms with E-state index in [1.165, 1.54) is 6.07 Å². The van der Waals surface area contributed by atoms with Crippen molar-refractivity contribution in [1.82, 2.24) is 9.88 Å². The van der Waals surface area contributed by atoms with E-state index in [0.717, 1.165) is 50.8 Å². The Morgan fingerprint density at radius 1 is 1.17 bits per heavy atom. The second kappa shape index (κ2) is 6.70. The molecule has 1 aliphatic carbocycles. The molecule has 1 aliphatic heterocycles. The third-order valence-corrected chi connectivity index (χ3v) is 5.14. The molecule has 3 rings (SSSR count). The van der Waals surface area contributed by atoms with E-state index in [4.69, 9.17) is 0 Å². The largest absolute Gasteiger partial charge is 0.433 e. The Morgan fingerprint density at radius 2 is 1.92 bits per heavy atom. The van der Waals surface area contributed by atoms with Gasteiger partial charge in [0.05, 0.1) is 11.7 Å². The summed E-state index contributed by atoms with van der Waals surface area (Å²) in [5.74, 6) is -0.232. The summed E-state index contributed by atoms with van der Waals surface area (Å²) in [5, 5.41) is 10.3. The molecule has 2 heterocycles. The fourth-order valence-corrected chi connectivity index (χ4v) is 3.93. The van der Waals surface area contributed by atoms with Gasteiger partial charge in [0.25, 0.3) is 5.91 Å². The lowest BCUT2D eigenvalue weighted by Gasteiger charge is -2.37. The third kappa shape index (κ3) is 3.41. The van der Waals surface area contributed by atoms with Crippen LogP contribution in [0.3, 0.4) is 0 Å². The molecule has 0 spiro atoms. The average molecular weight is 342 g/mol. The van der Waals surface area contributed by atoms with Crippen molar-refractivity contribution in [3.05, 3.63) is 29.6 Å². The van der Waals surface area contributed by atoms with Crippen LogP contribution in [-0.4, -0.2) is 39.6 Å². The van der Waals surface area contributed by atoms with Gasteiger partial charge in [0.15, 0.2) is 0 Å². The molecule has 132 valence electrons. The third-order valence-electron chi connectivity index (χ3n) is 5.14. The number of halogens is 3. The quantitative estimate of drug-likeness (QED) is 0.898. The van der Waals surface area contributed by atoms with E-state index in [0.29, 0.717) is 6.54 Å². The summed E-state index contributed by atoms with van der Waals surface area (Å²) in [7, 11) is 0. The predicted octanol–water partition coefficient (Wildman–Crippen LogP) is 3.26. The minimum atomic E-state index is -4.51. The zero-order valence-electron chi connectivity index (χ0n) is 13.3. The molecule has 0 aromatic carbocycles. The lowest BCUT2D eigenvalue weighted by Crippen LogP contribution is -2.45. The molecular formula is C17H21F3N2O2. The zero-order valence-corrected chi connectivity index (χ0v) is 13.3. The highest BCUT2D eigenvalue weighted by molar-refractivity contribution is 5.94. The van der Waals surface area contributed by atoms with Crippen molar-refractivity contribution in [1.29, 1.82) is 0 Å². The average Bonchev–Trinajstić information content (AvgIpc) is 3.03. The number of nitrogens with zero attached hydrogens (tertiary/aromatic N) is 2. The van der Waals surface area contributed by atoms with Gasteiger partial charge in [-0.3, -0.25) is 9.78 Å². The highest BCUT2D eigenvalue weighted by Crippen LogP contribution is 2.35. The molecule has 24 heavy (non-hydrogen) atoms. The Labute approximate surface area is 138 Å². The number of aliphatic hydroxyl groups is 1. The Balaban J connectivity index is 1.76. The fourth-order valence-electron chi connectivity index (χ4n) is 3.93. The van der Waals surface area contributed by atoms with E-state index in [1.807, 2.05) is 0 Å². The topological polar surface area (TPSA) is 53.4 Å². The van der Waals surface area contributed by atoms with E-state index in [2.05, 4.69) is 4.98 Å². The number of hydrogen-bond donors (Lipinski definition) is 1. The van der Waals surface area contributed by atoms with E-state index >= 15 is 0 Å². The molecule has 1 saturated carbocycles. The molecule has 1 saturated heterocycles. The molecular weight excluding hydrogens is 321 g/mol. The molecule has 4 nitrogen and oxygen atoms in total. The molecule has 3 unspecified atom stereocenters. The predicted molar refractivity (Wildman–Crippen MR) is 81.3 cm³/mol. The highest BCUT2D eigenvalue weighted by atomic mass is 19.4. The maximum absolute atomic E-state index is 12.7. The van der Waals surface area contributed by atoms with Crippen LogP contribution in [-0.2, 0) is 6.18 Å². The van der Waals surface area contributed by atoms with Crippen molar-refractivity contribution in [2.24, 2.45) is 5.92 Å². The fraction of sp³-hybridized carbons (Fsp3) is 0.647. The number of alkyl halides is 3. The number of rotatable bonds is 2. The van der Waals surface area contributed by atoms with Gasteiger partial charge in [0.1, 0.15) is 5.69 Å². The van der Waals surface area contributed by atoms with Gasteiger partial charge in [-0.1, -0.05) is 12.8 Å². The van der Waals surface area contributed by atoms with Crippen LogP contribution < -0.4 is 0 Å². The van der Waals surface area contributed by atoms with Crippen molar-refractivity contribution in [2.45, 2.75) is 56.8 Å². The normalized spacial score (nSPS) is 28.2. The minimum absolute atomic E-state index is 0.0323. The smallest absolute Gasteiger partial charge is 0.393 e. The van der Waals surface area contributed by atoms with Crippen LogP contribution in [0, 0.1) is 5.92 Å². The second-order valence-electron chi connectivity index (χ2n) is 6.65. The zero-order chi connectivity index (χ0) is 17.3. The number of pyridine rings is 1. The number of aliphatic hydroxyl groups excluding tert-OH is 1. The summed E-state index contributed by atoms with van der Waals surface area (Å²) in [5.41, 5.74) is -0.833. The van der Waals surface area contributed by atoms with Crippen molar-refractivity contribution in [3.8, 4) is 0 Å². The Hall–Kier alpha value is -1.63. The summed E-state index contributed by atoms with van der Waals surface area (Å²) < 4.78 is 37.8. The Morgan fingerprint density at radius 3 is 2.54 bits per heavy atom. The molecule has 7 heteroatoms. The van der Waals surface area contributed by atoms with Crippen molar-refractivity contribution in [3.63, 3.8) is 0 Å². The Kier molecular flexibility index (Phi) is 4.80. The van der Waals surface area contributed by atoms with Gasteiger partial charge < -0.3 is 10.0 Å². The van der Waals surface area contributed by atoms with Crippen molar-refractivity contribution in [2.75, 3.05) is 6.54 Å². The van der Waals surface area contributed by atoms with E-state index in [9.17, 15) is 23.1 Å². The number of aromatic nitrogens is 1. The minimum Gasteiger partial charge on any atom is -0.393 e. The first-order chi connectivity index (χ1) is 11.4. The summed E-state index contributed by atoms with van der Waals surface area (Å²) in [6.45, 7) is 0.577. The lowest BCUT2D eigenvalue weighted by atomic mass is 9.80. The molecule has 1 N–H and O–H groups in total. The number of carbonyl (C=O) groups is 1. The molecule has 2 fully saturated rings. The van der Waals surface area contributed by atoms with E-state index in [-0.39, 0.29) is 23.4 Å². The summed E-state index contributed by atoms with van der Waals surface area (Å²) in [6, 6.07) is 1.99. The van der Waals surface area contributed by atoms with E-state index in [1.54, 1.807) is 4.90 Å².